The minimum atomic E-state index is -1.41. The van der Waals surface area contributed by atoms with Crippen LogP contribution in [0, 0.1) is 23.7 Å². The van der Waals surface area contributed by atoms with Crippen LogP contribution in [0.15, 0.2) is 127 Å². The molecule has 2 N–H and O–H groups in total. The molecule has 1 aliphatic heterocycles. The summed E-state index contributed by atoms with van der Waals surface area (Å²) in [6.45, 7) is 0.304. The third kappa shape index (κ3) is 4.56. The number of phenolic OH excluding ortho intramolecular Hbond substituents is 1. The minimum Gasteiger partial charge on any atom is -0.508 e. The van der Waals surface area contributed by atoms with Crippen LogP contribution in [0.2, 0.25) is 0 Å². The summed E-state index contributed by atoms with van der Waals surface area (Å²) < 4.78 is 6.03. The molecular weight excluding hydrogens is 602 g/mol. The van der Waals surface area contributed by atoms with E-state index in [1.54, 1.807) is 18.2 Å². The summed E-state index contributed by atoms with van der Waals surface area (Å²) in [5.41, 5.74) is 2.47. The number of ether oxygens (including phenoxy) is 1. The number of amides is 2. The monoisotopic (exact) mass is 635 g/mol. The van der Waals surface area contributed by atoms with Crippen molar-refractivity contribution in [2.75, 3.05) is 0 Å². The van der Waals surface area contributed by atoms with Gasteiger partial charge >= 0.3 is 0 Å². The molecule has 238 valence electrons. The number of hydrogen-bond donors (Lipinski definition) is 2. The maximum atomic E-state index is 15.0. The van der Waals surface area contributed by atoms with Gasteiger partial charge in [-0.15, -0.1) is 0 Å². The van der Waals surface area contributed by atoms with E-state index in [9.17, 15) is 19.5 Å². The molecule has 0 bridgehead atoms. The molecule has 4 aliphatic rings. The molecule has 0 spiro atoms. The first kappa shape index (κ1) is 29.8. The first-order valence-electron chi connectivity index (χ1n) is 16.3. The Kier molecular flexibility index (Phi) is 7.20. The van der Waals surface area contributed by atoms with E-state index in [0.717, 1.165) is 11.1 Å². The standard InChI is InChI=1S/C41H33NO6/c43-34-20-27(48-23-24-10-4-1-5-11-24)16-17-29(34)37-28-18-19-30-36(40(47)42-39(30)46)32(28)21-33-38(45)31(25-12-6-2-7-13-25)22-35(44)41(33,37)26-14-8-3-9-15-26/h1-18,20,22,30,32-33,36-37,43H,19,21,23H2,(H,42,46,47). The van der Waals surface area contributed by atoms with E-state index in [2.05, 4.69) is 5.32 Å². The molecular formula is C41H33NO6. The van der Waals surface area contributed by atoms with Gasteiger partial charge in [0, 0.05) is 29.0 Å². The first-order chi connectivity index (χ1) is 23.4. The van der Waals surface area contributed by atoms with E-state index < -0.39 is 35.0 Å². The fourth-order valence-corrected chi connectivity index (χ4v) is 8.73. The third-order valence-electron chi connectivity index (χ3n) is 10.8. The van der Waals surface area contributed by atoms with E-state index in [1.165, 1.54) is 6.08 Å². The molecule has 6 atom stereocenters. The quantitative estimate of drug-likeness (QED) is 0.196. The highest BCUT2D eigenvalue weighted by molar-refractivity contribution is 6.31. The number of carbonyl (C=O) groups excluding carboxylic acids is 4. The Balaban J connectivity index is 1.33. The largest absolute Gasteiger partial charge is 0.508 e. The van der Waals surface area contributed by atoms with Crippen molar-refractivity contribution in [2.45, 2.75) is 30.8 Å². The highest BCUT2D eigenvalue weighted by atomic mass is 16.5. The van der Waals surface area contributed by atoms with E-state index in [1.807, 2.05) is 97.1 Å². The number of allylic oxidation sites excluding steroid dienone is 4. The van der Waals surface area contributed by atoms with Crippen LogP contribution in [0.4, 0.5) is 0 Å². The zero-order chi connectivity index (χ0) is 33.0. The van der Waals surface area contributed by atoms with Gasteiger partial charge in [-0.25, -0.2) is 0 Å². The number of hydrogen-bond acceptors (Lipinski definition) is 6. The summed E-state index contributed by atoms with van der Waals surface area (Å²) in [5.74, 6) is -4.07. The lowest BCUT2D eigenvalue weighted by Gasteiger charge is -2.55. The average molecular weight is 636 g/mol. The van der Waals surface area contributed by atoms with Gasteiger partial charge < -0.3 is 9.84 Å². The lowest BCUT2D eigenvalue weighted by atomic mass is 9.44. The fourth-order valence-electron chi connectivity index (χ4n) is 8.73. The SMILES string of the molecule is O=C1NC(=O)C2C1CC=C1C2CC2C(=O)C(c3ccccc3)=CC(=O)C2(c2ccccc2)C1c1ccc(OCc2ccccc2)cc1O. The molecule has 8 rings (SSSR count). The van der Waals surface area contributed by atoms with Crippen LogP contribution in [0.1, 0.15) is 41.0 Å². The Labute approximate surface area is 278 Å². The molecule has 0 aromatic heterocycles. The van der Waals surface area contributed by atoms with Crippen molar-refractivity contribution in [1.82, 2.24) is 5.32 Å². The van der Waals surface area contributed by atoms with Crippen LogP contribution < -0.4 is 10.1 Å². The van der Waals surface area contributed by atoms with Gasteiger partial charge in [0.05, 0.1) is 17.3 Å². The number of rotatable bonds is 6. The van der Waals surface area contributed by atoms with Crippen molar-refractivity contribution in [1.29, 1.82) is 0 Å². The molecule has 7 heteroatoms. The first-order valence-corrected chi connectivity index (χ1v) is 16.3. The Bertz CT molecular complexity index is 2020. The van der Waals surface area contributed by atoms with Crippen molar-refractivity contribution in [3.05, 3.63) is 149 Å². The van der Waals surface area contributed by atoms with Gasteiger partial charge in [-0.1, -0.05) is 109 Å². The van der Waals surface area contributed by atoms with Gasteiger partial charge in [-0.05, 0) is 47.6 Å². The third-order valence-corrected chi connectivity index (χ3v) is 10.8. The highest BCUT2D eigenvalue weighted by Gasteiger charge is 2.65. The number of aromatic hydroxyl groups is 1. The molecule has 2 fully saturated rings. The van der Waals surface area contributed by atoms with E-state index >= 15 is 4.79 Å². The lowest BCUT2D eigenvalue weighted by Crippen LogP contribution is -2.58. The van der Waals surface area contributed by atoms with Crippen LogP contribution in [-0.2, 0) is 31.2 Å². The summed E-state index contributed by atoms with van der Waals surface area (Å²) in [4.78, 5) is 56.1. The Morgan fingerprint density at radius 1 is 0.792 bits per heavy atom. The predicted octanol–water partition coefficient (Wildman–Crippen LogP) is 6.08. The second-order valence-electron chi connectivity index (χ2n) is 13.1. The fraction of sp³-hybridized carbons (Fsp3) is 0.220. The lowest BCUT2D eigenvalue weighted by molar-refractivity contribution is -0.135. The van der Waals surface area contributed by atoms with Gasteiger partial charge in [0.25, 0.3) is 0 Å². The van der Waals surface area contributed by atoms with Gasteiger partial charge in [0.2, 0.25) is 11.8 Å². The second-order valence-corrected chi connectivity index (χ2v) is 13.1. The molecule has 1 heterocycles. The number of Topliss-reactive ketones (excluding diaryl/α,β-unsaturated/α-hetero) is 1. The Morgan fingerprint density at radius 3 is 2.19 bits per heavy atom. The second kappa shape index (κ2) is 11.6. The smallest absolute Gasteiger partial charge is 0.231 e. The van der Waals surface area contributed by atoms with Gasteiger partial charge in [0.1, 0.15) is 18.1 Å². The zero-order valence-corrected chi connectivity index (χ0v) is 26.0. The predicted molar refractivity (Wildman–Crippen MR) is 179 cm³/mol. The van der Waals surface area contributed by atoms with Gasteiger partial charge in [0.15, 0.2) is 11.6 Å². The number of nitrogens with one attached hydrogen (secondary N) is 1. The van der Waals surface area contributed by atoms with Crippen LogP contribution in [0.5, 0.6) is 11.5 Å². The maximum absolute atomic E-state index is 15.0. The van der Waals surface area contributed by atoms with Crippen molar-refractivity contribution < 1.29 is 29.0 Å². The van der Waals surface area contributed by atoms with Crippen molar-refractivity contribution >= 4 is 29.0 Å². The van der Waals surface area contributed by atoms with Crippen LogP contribution in [-0.4, -0.2) is 28.5 Å². The number of imide groups is 1. The van der Waals surface area contributed by atoms with E-state index in [-0.39, 0.29) is 35.6 Å². The average Bonchev–Trinajstić information content (AvgIpc) is 3.42. The summed E-state index contributed by atoms with van der Waals surface area (Å²) >= 11 is 0. The maximum Gasteiger partial charge on any atom is 0.231 e. The van der Waals surface area contributed by atoms with Gasteiger partial charge in [-0.2, -0.15) is 0 Å². The van der Waals surface area contributed by atoms with Crippen LogP contribution in [0.3, 0.4) is 0 Å². The molecule has 48 heavy (non-hydrogen) atoms. The van der Waals surface area contributed by atoms with E-state index in [0.29, 0.717) is 41.0 Å². The van der Waals surface area contributed by atoms with Crippen LogP contribution in [0.25, 0.3) is 5.57 Å². The molecule has 2 amide bonds. The molecule has 0 radical (unpaired) electrons. The van der Waals surface area contributed by atoms with Crippen molar-refractivity contribution in [3.63, 3.8) is 0 Å². The molecule has 4 aromatic carbocycles. The number of benzene rings is 4. The molecule has 4 aromatic rings. The normalized spacial score (nSPS) is 27.6. The molecule has 6 unspecified atom stereocenters. The Morgan fingerprint density at radius 2 is 1.48 bits per heavy atom. The minimum absolute atomic E-state index is 0.0756. The summed E-state index contributed by atoms with van der Waals surface area (Å²) in [6, 6.07) is 33.3. The van der Waals surface area contributed by atoms with Crippen molar-refractivity contribution in [3.8, 4) is 11.5 Å². The zero-order valence-electron chi connectivity index (χ0n) is 26.0. The molecule has 3 aliphatic carbocycles. The van der Waals surface area contributed by atoms with Crippen LogP contribution >= 0.6 is 0 Å². The summed E-state index contributed by atoms with van der Waals surface area (Å²) in [7, 11) is 0. The Hall–Kier alpha value is -5.56. The molecule has 1 saturated heterocycles. The van der Waals surface area contributed by atoms with E-state index in [4.69, 9.17) is 4.74 Å². The summed E-state index contributed by atoms with van der Waals surface area (Å²) in [5, 5.41) is 14.3. The summed E-state index contributed by atoms with van der Waals surface area (Å²) in [6.07, 6.45) is 3.99. The van der Waals surface area contributed by atoms with Gasteiger partial charge in [-0.3, -0.25) is 24.5 Å². The number of phenols is 1. The number of carbonyl (C=O) groups is 4. The number of ketones is 2. The highest BCUT2D eigenvalue weighted by Crippen LogP contribution is 2.64. The topological polar surface area (TPSA) is 110 Å². The molecule has 7 nitrogen and oxygen atoms in total. The molecule has 1 saturated carbocycles. The number of fused-ring (bicyclic) bond motifs is 4. The van der Waals surface area contributed by atoms with Crippen molar-refractivity contribution in [2.24, 2.45) is 23.7 Å².